The average Bonchev–Trinajstić information content (AvgIpc) is 2.47. The summed E-state index contributed by atoms with van der Waals surface area (Å²) in [5.41, 5.74) is 0.657. The van der Waals surface area contributed by atoms with Crippen molar-refractivity contribution < 1.29 is 4.79 Å². The number of carbonyl (C=O) groups excluding carboxylic acids is 1. The van der Waals surface area contributed by atoms with Gasteiger partial charge in [-0.1, -0.05) is 85.3 Å². The molecule has 0 aromatic heterocycles. The Morgan fingerprint density at radius 2 is 1.71 bits per heavy atom. The van der Waals surface area contributed by atoms with Crippen LogP contribution in [0.2, 0.25) is 0 Å². The molecule has 0 saturated heterocycles. The van der Waals surface area contributed by atoms with Gasteiger partial charge in [-0.2, -0.15) is 0 Å². The van der Waals surface area contributed by atoms with Gasteiger partial charge in [-0.15, -0.1) is 0 Å². The van der Waals surface area contributed by atoms with Crippen LogP contribution in [0, 0.1) is 0 Å². The summed E-state index contributed by atoms with van der Waals surface area (Å²) >= 11 is 10.6. The summed E-state index contributed by atoms with van der Waals surface area (Å²) in [6.45, 7) is 0. The van der Waals surface area contributed by atoms with Gasteiger partial charge in [0.05, 0.1) is 0 Å². The number of hydrogen-bond donors (Lipinski definition) is 2. The molecule has 1 fully saturated rings. The third-order valence-electron chi connectivity index (χ3n) is 3.65. The minimum Gasteiger partial charge on any atom is -0.334 e. The minimum atomic E-state index is -0.575. The van der Waals surface area contributed by atoms with E-state index in [9.17, 15) is 4.79 Å². The maximum absolute atomic E-state index is 12.3. The Morgan fingerprint density at radius 3 is 2.29 bits per heavy atom. The van der Waals surface area contributed by atoms with E-state index < -0.39 is 2.14 Å². The van der Waals surface area contributed by atoms with Gasteiger partial charge in [-0.05, 0) is 25.0 Å². The van der Waals surface area contributed by atoms with Crippen molar-refractivity contribution in [2.75, 3.05) is 0 Å². The summed E-state index contributed by atoms with van der Waals surface area (Å²) in [4.78, 5) is 12.3. The fourth-order valence-electron chi connectivity index (χ4n) is 2.53. The molecule has 116 valence electrons. The smallest absolute Gasteiger partial charge is 0.252 e. The summed E-state index contributed by atoms with van der Waals surface area (Å²) in [6, 6.07) is 9.69. The molecule has 0 aliphatic heterocycles. The van der Waals surface area contributed by atoms with E-state index in [1.165, 1.54) is 19.3 Å². The molecule has 2 rings (SSSR count). The van der Waals surface area contributed by atoms with E-state index in [0.29, 0.717) is 11.6 Å². The van der Waals surface area contributed by atoms with Crippen molar-refractivity contribution >= 4 is 53.7 Å². The molecule has 0 bridgehead atoms. The van der Waals surface area contributed by atoms with Gasteiger partial charge in [0.25, 0.3) is 5.91 Å². The first-order valence-electron chi connectivity index (χ1n) is 7.15. The highest BCUT2D eigenvalue weighted by molar-refractivity contribution is 9.39. The fourth-order valence-corrected chi connectivity index (χ4v) is 3.27. The number of benzene rings is 1. The molecule has 21 heavy (non-hydrogen) atoms. The van der Waals surface area contributed by atoms with Crippen molar-refractivity contribution in [3.05, 3.63) is 35.9 Å². The van der Waals surface area contributed by atoms with E-state index >= 15 is 0 Å². The third kappa shape index (κ3) is 5.66. The number of rotatable bonds is 4. The number of nitrogens with one attached hydrogen (secondary N) is 2. The molecule has 1 atom stereocenters. The van der Waals surface area contributed by atoms with Gasteiger partial charge in [0.2, 0.25) is 0 Å². The van der Waals surface area contributed by atoms with Crippen molar-refractivity contribution in [2.24, 2.45) is 0 Å². The lowest BCUT2D eigenvalue weighted by Crippen LogP contribution is -2.56. The monoisotopic (exact) mass is 480 g/mol. The quantitative estimate of drug-likeness (QED) is 0.490. The summed E-state index contributed by atoms with van der Waals surface area (Å²) in [7, 11) is 0. The van der Waals surface area contributed by atoms with Gasteiger partial charge >= 0.3 is 0 Å². The second-order valence-corrected chi connectivity index (χ2v) is 12.3. The number of halogens is 3. The van der Waals surface area contributed by atoms with Crippen LogP contribution in [0.4, 0.5) is 0 Å². The molecule has 1 aliphatic rings. The first-order chi connectivity index (χ1) is 9.97. The van der Waals surface area contributed by atoms with Crippen molar-refractivity contribution in [2.45, 2.75) is 46.5 Å². The van der Waals surface area contributed by atoms with Gasteiger partial charge in [-0.3, -0.25) is 10.1 Å². The molecule has 6 heteroatoms. The highest BCUT2D eigenvalue weighted by Gasteiger charge is 2.34. The Labute approximate surface area is 151 Å². The molecule has 2 N–H and O–H groups in total. The lowest BCUT2D eigenvalue weighted by molar-refractivity contribution is 0.0927. The Balaban J connectivity index is 2.01. The fraction of sp³-hybridized carbons (Fsp3) is 0.533. The van der Waals surface area contributed by atoms with E-state index in [1.807, 2.05) is 30.3 Å². The van der Waals surface area contributed by atoms with Crippen LogP contribution in [0.15, 0.2) is 30.3 Å². The number of hydrogen-bond acceptors (Lipinski definition) is 2. The molecule has 1 saturated carbocycles. The zero-order valence-corrected chi connectivity index (χ0v) is 16.4. The van der Waals surface area contributed by atoms with Crippen LogP contribution < -0.4 is 10.6 Å². The molecule has 0 spiro atoms. The highest BCUT2D eigenvalue weighted by Crippen LogP contribution is 2.37. The van der Waals surface area contributed by atoms with Gasteiger partial charge in [0.1, 0.15) is 6.17 Å². The second kappa shape index (κ2) is 8.09. The molecule has 0 unspecified atom stereocenters. The molecule has 3 nitrogen and oxygen atoms in total. The standard InChI is InChI=1S/C15H19Br3N2O/c16-15(17,18)14(19-12-9-5-2-6-10-12)20-13(21)11-7-3-1-4-8-11/h1,3-4,7-8,12,14,19H,2,5-6,9-10H2,(H,20,21)/t14-/m0/s1. The molecule has 0 heterocycles. The molecular weight excluding hydrogens is 464 g/mol. The third-order valence-corrected chi connectivity index (χ3v) is 5.02. The molecular formula is C15H19Br3N2O. The molecule has 1 aromatic rings. The van der Waals surface area contributed by atoms with Crippen LogP contribution in [0.25, 0.3) is 0 Å². The van der Waals surface area contributed by atoms with Crippen LogP contribution in [0.3, 0.4) is 0 Å². The zero-order chi connectivity index (χ0) is 15.3. The zero-order valence-electron chi connectivity index (χ0n) is 11.6. The van der Waals surface area contributed by atoms with E-state index in [-0.39, 0.29) is 12.1 Å². The Kier molecular flexibility index (Phi) is 6.72. The van der Waals surface area contributed by atoms with Gasteiger partial charge in [0, 0.05) is 11.6 Å². The molecule has 1 aromatic carbocycles. The van der Waals surface area contributed by atoms with Crippen molar-refractivity contribution in [3.8, 4) is 0 Å². The van der Waals surface area contributed by atoms with Crippen LogP contribution in [0.5, 0.6) is 0 Å². The summed E-state index contributed by atoms with van der Waals surface area (Å²) < 4.78 is -0.575. The van der Waals surface area contributed by atoms with Gasteiger partial charge in [-0.25, -0.2) is 0 Å². The SMILES string of the molecule is O=C(N[C@H](NC1CCCCC1)C(Br)(Br)Br)c1ccccc1. The largest absolute Gasteiger partial charge is 0.334 e. The van der Waals surface area contributed by atoms with Crippen molar-refractivity contribution in [3.63, 3.8) is 0 Å². The first kappa shape index (κ1) is 17.4. The second-order valence-electron chi connectivity index (χ2n) is 5.32. The number of alkyl halides is 3. The maximum Gasteiger partial charge on any atom is 0.252 e. The summed E-state index contributed by atoms with van der Waals surface area (Å²) in [6.07, 6.45) is 5.85. The van der Waals surface area contributed by atoms with Crippen LogP contribution in [-0.2, 0) is 0 Å². The molecule has 1 amide bonds. The van der Waals surface area contributed by atoms with Crippen LogP contribution in [0.1, 0.15) is 42.5 Å². The Hall–Kier alpha value is 0.0900. The maximum atomic E-state index is 12.3. The first-order valence-corrected chi connectivity index (χ1v) is 9.53. The van der Waals surface area contributed by atoms with E-state index in [0.717, 1.165) is 12.8 Å². The van der Waals surface area contributed by atoms with E-state index in [1.54, 1.807) is 0 Å². The molecule has 1 aliphatic carbocycles. The number of amides is 1. The Morgan fingerprint density at radius 1 is 1.10 bits per heavy atom. The lowest BCUT2D eigenvalue weighted by Gasteiger charge is -2.33. The van der Waals surface area contributed by atoms with Gasteiger partial charge in [0.15, 0.2) is 2.14 Å². The number of carbonyl (C=O) groups is 1. The predicted molar refractivity (Wildman–Crippen MR) is 97.2 cm³/mol. The average molecular weight is 483 g/mol. The van der Waals surface area contributed by atoms with Crippen molar-refractivity contribution in [1.29, 1.82) is 0 Å². The van der Waals surface area contributed by atoms with Gasteiger partial charge < -0.3 is 5.32 Å². The Bertz CT molecular complexity index is 456. The lowest BCUT2D eigenvalue weighted by atomic mass is 9.95. The summed E-state index contributed by atoms with van der Waals surface area (Å²) in [5, 5.41) is 6.55. The predicted octanol–water partition coefficient (Wildman–Crippen LogP) is 4.50. The van der Waals surface area contributed by atoms with E-state index in [2.05, 4.69) is 58.4 Å². The van der Waals surface area contributed by atoms with Crippen molar-refractivity contribution in [1.82, 2.24) is 10.6 Å². The van der Waals surface area contributed by atoms with Crippen LogP contribution >= 0.6 is 47.8 Å². The van der Waals surface area contributed by atoms with E-state index in [4.69, 9.17) is 0 Å². The topological polar surface area (TPSA) is 41.1 Å². The normalized spacial score (nSPS) is 18.2. The van der Waals surface area contributed by atoms with Crippen LogP contribution in [-0.4, -0.2) is 20.3 Å². The minimum absolute atomic E-state index is 0.0911. The highest BCUT2D eigenvalue weighted by atomic mass is 80.0. The molecule has 0 radical (unpaired) electrons. The summed E-state index contributed by atoms with van der Waals surface area (Å²) in [5.74, 6) is -0.0911.